The van der Waals surface area contributed by atoms with Crippen LogP contribution in [0.5, 0.6) is 0 Å². The molecule has 7 atom stereocenters. The molecule has 3 nitrogen and oxygen atoms in total. The summed E-state index contributed by atoms with van der Waals surface area (Å²) in [7, 11) is 0. The van der Waals surface area contributed by atoms with Crippen LogP contribution in [-0.4, -0.2) is 24.5 Å². The first-order chi connectivity index (χ1) is 13.4. The second kappa shape index (κ2) is 5.41. The maximum atomic E-state index is 13.8. The Bertz CT molecular complexity index is 823. The summed E-state index contributed by atoms with van der Waals surface area (Å²) in [5, 5.41) is 7.06. The van der Waals surface area contributed by atoms with Gasteiger partial charge in [-0.1, -0.05) is 37.3 Å². The van der Waals surface area contributed by atoms with E-state index in [-0.39, 0.29) is 10.8 Å². The molecular formula is C25H34N2O. The van der Waals surface area contributed by atoms with Gasteiger partial charge in [0.1, 0.15) is 0 Å². The number of hydrogen-bond acceptors (Lipinski definition) is 2. The van der Waals surface area contributed by atoms with Crippen molar-refractivity contribution < 1.29 is 4.79 Å². The van der Waals surface area contributed by atoms with Crippen LogP contribution < -0.4 is 10.6 Å². The van der Waals surface area contributed by atoms with E-state index in [2.05, 4.69) is 54.8 Å². The van der Waals surface area contributed by atoms with E-state index in [0.29, 0.717) is 28.8 Å². The van der Waals surface area contributed by atoms with Gasteiger partial charge in [0, 0.05) is 17.5 Å². The van der Waals surface area contributed by atoms with Crippen LogP contribution in [0.1, 0.15) is 70.8 Å². The number of benzene rings is 1. The van der Waals surface area contributed by atoms with Crippen molar-refractivity contribution in [3.63, 3.8) is 0 Å². The largest absolute Gasteiger partial charge is 0.353 e. The van der Waals surface area contributed by atoms with Gasteiger partial charge in [-0.3, -0.25) is 4.79 Å². The molecule has 1 spiro atoms. The minimum absolute atomic E-state index is 0.124. The number of fused-ring (bicyclic) bond motifs is 2. The highest BCUT2D eigenvalue weighted by Gasteiger charge is 2.83. The number of carbonyl (C=O) groups is 1. The van der Waals surface area contributed by atoms with Crippen molar-refractivity contribution in [1.82, 2.24) is 10.6 Å². The summed E-state index contributed by atoms with van der Waals surface area (Å²) >= 11 is 0. The predicted molar refractivity (Wildman–Crippen MR) is 111 cm³/mol. The van der Waals surface area contributed by atoms with Gasteiger partial charge in [-0.15, -0.1) is 0 Å². The fraction of sp³-hybridized carbons (Fsp3) is 0.720. The van der Waals surface area contributed by atoms with Crippen LogP contribution in [0.15, 0.2) is 30.3 Å². The third-order valence-electron chi connectivity index (χ3n) is 9.87. The Kier molecular flexibility index (Phi) is 3.38. The van der Waals surface area contributed by atoms with Gasteiger partial charge >= 0.3 is 0 Å². The van der Waals surface area contributed by atoms with Crippen LogP contribution in [0.3, 0.4) is 0 Å². The molecule has 1 aromatic rings. The molecular weight excluding hydrogens is 344 g/mol. The molecule has 3 bridgehead atoms. The van der Waals surface area contributed by atoms with E-state index in [1.807, 2.05) is 0 Å². The molecule has 5 aliphatic rings. The summed E-state index contributed by atoms with van der Waals surface area (Å²) in [5.41, 5.74) is 2.45. The quantitative estimate of drug-likeness (QED) is 0.829. The van der Waals surface area contributed by atoms with E-state index in [4.69, 9.17) is 0 Å². The summed E-state index contributed by atoms with van der Waals surface area (Å²) in [5.74, 6) is 1.15. The highest BCUT2D eigenvalue weighted by molar-refractivity contribution is 5.85. The fourth-order valence-electron chi connectivity index (χ4n) is 9.22. The summed E-state index contributed by atoms with van der Waals surface area (Å²) in [4.78, 5) is 13.8. The lowest BCUT2D eigenvalue weighted by molar-refractivity contribution is -0.135. The number of rotatable bonds is 3. The Morgan fingerprint density at radius 3 is 2.71 bits per heavy atom. The first-order valence-corrected chi connectivity index (χ1v) is 11.5. The van der Waals surface area contributed by atoms with Gasteiger partial charge in [-0.05, 0) is 87.1 Å². The molecule has 3 unspecified atom stereocenters. The molecule has 1 amide bonds. The maximum Gasteiger partial charge on any atom is 0.226 e. The standard InChI is InChI=1S/C25H34N2O/c1-17-10-20(8-9-26-17)27-21(28)23-12-18-11-22(2)14-24(15-23,25(22,13-18)16-23)19-6-4-3-5-7-19/h3-7,17-18,20,26H,8-16H2,1-2H3,(H,27,28)/t17-,18?,20-,22-,23?,24+,25?/m1/s1. The Labute approximate surface area is 169 Å². The first kappa shape index (κ1) is 17.5. The van der Waals surface area contributed by atoms with Crippen molar-refractivity contribution in [3.05, 3.63) is 35.9 Å². The SMILES string of the molecule is C[C@@H]1C[C@H](NC(=O)C23CC4CC5(C2)[C@](C)(C4)C[C@@]5(c2ccccc2)C3)CCN1. The smallest absolute Gasteiger partial charge is 0.226 e. The number of nitrogens with one attached hydrogen (secondary N) is 2. The zero-order chi connectivity index (χ0) is 19.2. The lowest BCUT2D eigenvalue weighted by Crippen LogP contribution is -2.61. The number of carbonyl (C=O) groups excluding carboxylic acids is 1. The van der Waals surface area contributed by atoms with Crippen molar-refractivity contribution in [2.45, 2.75) is 82.7 Å². The Hall–Kier alpha value is -1.35. The summed E-state index contributed by atoms with van der Waals surface area (Å²) in [6.45, 7) is 5.81. The minimum atomic E-state index is -0.124. The summed E-state index contributed by atoms with van der Waals surface area (Å²) in [6, 6.07) is 12.1. The van der Waals surface area contributed by atoms with Gasteiger partial charge in [0.05, 0.1) is 5.41 Å². The molecule has 1 heterocycles. The first-order valence-electron chi connectivity index (χ1n) is 11.5. The van der Waals surface area contributed by atoms with Crippen LogP contribution >= 0.6 is 0 Å². The molecule has 6 rings (SSSR count). The van der Waals surface area contributed by atoms with Gasteiger partial charge < -0.3 is 10.6 Å². The highest BCUT2D eigenvalue weighted by atomic mass is 16.2. The van der Waals surface area contributed by atoms with Gasteiger partial charge in [0.15, 0.2) is 0 Å². The van der Waals surface area contributed by atoms with E-state index in [0.717, 1.165) is 44.6 Å². The van der Waals surface area contributed by atoms with Crippen LogP contribution in [0, 0.1) is 22.2 Å². The summed E-state index contributed by atoms with van der Waals surface area (Å²) in [6.07, 6.45) is 9.49. The third kappa shape index (κ3) is 1.97. The van der Waals surface area contributed by atoms with Crippen molar-refractivity contribution in [1.29, 1.82) is 0 Å². The van der Waals surface area contributed by atoms with Crippen molar-refractivity contribution in [2.75, 3.05) is 6.54 Å². The fourth-order valence-corrected chi connectivity index (χ4v) is 9.22. The number of amides is 1. The highest BCUT2D eigenvalue weighted by Crippen LogP contribution is 2.88. The molecule has 0 aromatic heterocycles. The Morgan fingerprint density at radius 2 is 1.93 bits per heavy atom. The van der Waals surface area contributed by atoms with Crippen molar-refractivity contribution in [2.24, 2.45) is 22.2 Å². The van der Waals surface area contributed by atoms with E-state index in [1.54, 1.807) is 0 Å². The molecule has 1 saturated heterocycles. The molecule has 3 heteroatoms. The number of hydrogen-bond donors (Lipinski definition) is 2. The lowest BCUT2D eigenvalue weighted by atomic mass is 9.38. The Balaban J connectivity index is 1.36. The monoisotopic (exact) mass is 378 g/mol. The van der Waals surface area contributed by atoms with E-state index >= 15 is 0 Å². The second-order valence-corrected chi connectivity index (χ2v) is 11.4. The zero-order valence-electron chi connectivity index (χ0n) is 17.4. The normalized spacial score (nSPS) is 50.9. The number of piperidine rings is 1. The van der Waals surface area contributed by atoms with Crippen LogP contribution in [-0.2, 0) is 10.2 Å². The topological polar surface area (TPSA) is 41.1 Å². The van der Waals surface area contributed by atoms with Crippen LogP contribution in [0.25, 0.3) is 0 Å². The molecule has 1 aliphatic heterocycles. The van der Waals surface area contributed by atoms with Gasteiger partial charge in [-0.25, -0.2) is 0 Å². The zero-order valence-corrected chi connectivity index (χ0v) is 17.4. The van der Waals surface area contributed by atoms with Crippen LogP contribution in [0.2, 0.25) is 0 Å². The van der Waals surface area contributed by atoms with E-state index in [1.165, 1.54) is 24.8 Å². The van der Waals surface area contributed by atoms with Gasteiger partial charge in [-0.2, -0.15) is 0 Å². The molecule has 150 valence electrons. The second-order valence-electron chi connectivity index (χ2n) is 11.4. The molecule has 2 N–H and O–H groups in total. The van der Waals surface area contributed by atoms with Crippen molar-refractivity contribution >= 4 is 5.91 Å². The Morgan fingerprint density at radius 1 is 1.11 bits per heavy atom. The van der Waals surface area contributed by atoms with Gasteiger partial charge in [0.25, 0.3) is 0 Å². The maximum absolute atomic E-state index is 13.8. The average molecular weight is 379 g/mol. The van der Waals surface area contributed by atoms with Gasteiger partial charge in [0.2, 0.25) is 5.91 Å². The minimum Gasteiger partial charge on any atom is -0.353 e. The molecule has 5 fully saturated rings. The molecule has 4 saturated carbocycles. The van der Waals surface area contributed by atoms with E-state index in [9.17, 15) is 4.79 Å². The van der Waals surface area contributed by atoms with Crippen molar-refractivity contribution in [3.8, 4) is 0 Å². The molecule has 1 aromatic carbocycles. The summed E-state index contributed by atoms with van der Waals surface area (Å²) < 4.78 is 0. The van der Waals surface area contributed by atoms with E-state index < -0.39 is 0 Å². The third-order valence-corrected chi connectivity index (χ3v) is 9.87. The molecule has 4 aliphatic carbocycles. The lowest BCUT2D eigenvalue weighted by Gasteiger charge is -2.66. The average Bonchev–Trinajstić information content (AvgIpc) is 2.95. The molecule has 0 radical (unpaired) electrons. The predicted octanol–water partition coefficient (Wildman–Crippen LogP) is 4.17. The van der Waals surface area contributed by atoms with Crippen LogP contribution in [0.4, 0.5) is 0 Å². The molecule has 28 heavy (non-hydrogen) atoms.